The highest BCUT2D eigenvalue weighted by atomic mass is 35.5. The molecule has 1 heterocycles. The Morgan fingerprint density at radius 3 is 2.54 bits per heavy atom. The van der Waals surface area contributed by atoms with Gasteiger partial charge in [0.2, 0.25) is 17.6 Å². The number of benzene rings is 1. The summed E-state index contributed by atoms with van der Waals surface area (Å²) in [6, 6.07) is 6.99. The van der Waals surface area contributed by atoms with E-state index in [2.05, 4.69) is 15.5 Å². The van der Waals surface area contributed by atoms with Crippen LogP contribution in [0.4, 0.5) is 0 Å². The molecule has 128 valence electrons. The quantitative estimate of drug-likeness (QED) is 0.870. The van der Waals surface area contributed by atoms with Crippen molar-refractivity contribution in [3.05, 3.63) is 35.2 Å². The average Bonchev–Trinajstić information content (AvgIpc) is 3.24. The Labute approximate surface area is 146 Å². The predicted octanol–water partition coefficient (Wildman–Crippen LogP) is 4.39. The van der Waals surface area contributed by atoms with E-state index in [0.29, 0.717) is 16.7 Å². The number of hydrogen-bond donors (Lipinski definition) is 1. The van der Waals surface area contributed by atoms with E-state index in [-0.39, 0.29) is 23.8 Å². The van der Waals surface area contributed by atoms with Crippen LogP contribution < -0.4 is 5.32 Å². The molecule has 0 radical (unpaired) electrons. The van der Waals surface area contributed by atoms with Crippen LogP contribution in [0.2, 0.25) is 5.02 Å². The molecule has 1 saturated carbocycles. The number of carbonyl (C=O) groups excluding carboxylic acids is 1. The molecule has 1 aromatic carbocycles. The summed E-state index contributed by atoms with van der Waals surface area (Å²) >= 11 is 5.90. The number of rotatable bonds is 5. The van der Waals surface area contributed by atoms with E-state index in [1.54, 1.807) is 12.1 Å². The van der Waals surface area contributed by atoms with Crippen molar-refractivity contribution in [3.63, 3.8) is 0 Å². The second kappa shape index (κ2) is 7.34. The molecular weight excluding hydrogens is 326 g/mol. The monoisotopic (exact) mass is 347 g/mol. The first kappa shape index (κ1) is 17.0. The minimum atomic E-state index is -0.272. The van der Waals surface area contributed by atoms with Crippen LogP contribution in [0.5, 0.6) is 0 Å². The van der Waals surface area contributed by atoms with Gasteiger partial charge in [-0.05, 0) is 43.0 Å². The van der Waals surface area contributed by atoms with E-state index >= 15 is 0 Å². The molecule has 3 rings (SSSR count). The lowest BCUT2D eigenvalue weighted by molar-refractivity contribution is -0.126. The van der Waals surface area contributed by atoms with Crippen molar-refractivity contribution in [1.29, 1.82) is 0 Å². The lowest BCUT2D eigenvalue weighted by Gasteiger charge is -2.20. The van der Waals surface area contributed by atoms with Crippen molar-refractivity contribution < 1.29 is 9.32 Å². The van der Waals surface area contributed by atoms with Crippen LogP contribution in [0, 0.1) is 11.8 Å². The number of carbonyl (C=O) groups is 1. The van der Waals surface area contributed by atoms with Crippen LogP contribution in [0.3, 0.4) is 0 Å². The summed E-state index contributed by atoms with van der Waals surface area (Å²) in [7, 11) is 0. The molecule has 1 atom stereocenters. The summed E-state index contributed by atoms with van der Waals surface area (Å²) in [5, 5.41) is 7.79. The minimum absolute atomic E-state index is 0.0949. The molecule has 0 saturated heterocycles. The molecule has 1 amide bonds. The normalized spacial score (nSPS) is 16.5. The Kier molecular flexibility index (Phi) is 5.19. The molecule has 0 spiro atoms. The molecule has 0 bridgehead atoms. The highest BCUT2D eigenvalue weighted by Gasteiger charge is 2.29. The van der Waals surface area contributed by atoms with Crippen molar-refractivity contribution in [2.75, 3.05) is 0 Å². The zero-order valence-corrected chi connectivity index (χ0v) is 14.7. The maximum atomic E-state index is 12.4. The van der Waals surface area contributed by atoms with E-state index in [1.165, 1.54) is 0 Å². The molecule has 1 aliphatic carbocycles. The summed E-state index contributed by atoms with van der Waals surface area (Å²) in [6.07, 6.45) is 4.20. The van der Waals surface area contributed by atoms with Gasteiger partial charge in [0.25, 0.3) is 0 Å². The van der Waals surface area contributed by atoms with Gasteiger partial charge in [-0.1, -0.05) is 43.4 Å². The fourth-order valence-corrected chi connectivity index (χ4v) is 3.18. The minimum Gasteiger partial charge on any atom is -0.344 e. The highest BCUT2D eigenvalue weighted by molar-refractivity contribution is 6.30. The smallest absolute Gasteiger partial charge is 0.249 e. The molecule has 1 N–H and O–H groups in total. The third-order valence-corrected chi connectivity index (χ3v) is 4.75. The Balaban J connectivity index is 1.76. The van der Waals surface area contributed by atoms with E-state index in [1.807, 2.05) is 26.0 Å². The van der Waals surface area contributed by atoms with Crippen molar-refractivity contribution >= 4 is 17.5 Å². The molecule has 5 nitrogen and oxygen atoms in total. The molecule has 24 heavy (non-hydrogen) atoms. The van der Waals surface area contributed by atoms with Gasteiger partial charge in [-0.2, -0.15) is 4.98 Å². The first-order chi connectivity index (χ1) is 11.5. The lowest BCUT2D eigenvalue weighted by Crippen LogP contribution is -2.35. The van der Waals surface area contributed by atoms with Crippen LogP contribution >= 0.6 is 11.6 Å². The van der Waals surface area contributed by atoms with Gasteiger partial charge in [0.15, 0.2) is 0 Å². The number of amides is 1. The van der Waals surface area contributed by atoms with E-state index in [0.717, 1.165) is 31.2 Å². The molecule has 1 aromatic heterocycles. The summed E-state index contributed by atoms with van der Waals surface area (Å²) in [5.74, 6) is 1.32. The van der Waals surface area contributed by atoms with Crippen LogP contribution in [-0.2, 0) is 4.79 Å². The summed E-state index contributed by atoms with van der Waals surface area (Å²) in [5.41, 5.74) is 0.832. The molecule has 2 aromatic rings. The van der Waals surface area contributed by atoms with Crippen LogP contribution in [-0.4, -0.2) is 16.0 Å². The molecule has 0 aliphatic heterocycles. The summed E-state index contributed by atoms with van der Waals surface area (Å²) in [4.78, 5) is 16.9. The fraction of sp³-hybridized carbons (Fsp3) is 0.500. The van der Waals surface area contributed by atoms with Gasteiger partial charge < -0.3 is 9.84 Å². The van der Waals surface area contributed by atoms with Gasteiger partial charge in [-0.15, -0.1) is 0 Å². The van der Waals surface area contributed by atoms with E-state index < -0.39 is 0 Å². The van der Waals surface area contributed by atoms with Crippen molar-refractivity contribution in [3.8, 4) is 11.4 Å². The SMILES string of the molecule is CC(C)C(NC(=O)C1CCCC1)c1nc(-c2ccc(Cl)cc2)no1. The Hall–Kier alpha value is -1.88. The number of hydrogen-bond acceptors (Lipinski definition) is 4. The summed E-state index contributed by atoms with van der Waals surface area (Å²) < 4.78 is 5.43. The van der Waals surface area contributed by atoms with Crippen LogP contribution in [0.15, 0.2) is 28.8 Å². The highest BCUT2D eigenvalue weighted by Crippen LogP contribution is 2.28. The Morgan fingerprint density at radius 2 is 1.92 bits per heavy atom. The van der Waals surface area contributed by atoms with Gasteiger partial charge in [-0.3, -0.25) is 4.79 Å². The predicted molar refractivity (Wildman–Crippen MR) is 92.4 cm³/mol. The van der Waals surface area contributed by atoms with E-state index in [4.69, 9.17) is 16.1 Å². The molecule has 1 fully saturated rings. The number of nitrogens with zero attached hydrogens (tertiary/aromatic N) is 2. The van der Waals surface area contributed by atoms with Gasteiger partial charge in [-0.25, -0.2) is 0 Å². The largest absolute Gasteiger partial charge is 0.344 e. The standard InChI is InChI=1S/C18H22ClN3O2/c1-11(2)15(20-17(23)13-5-3-4-6-13)18-21-16(22-24-18)12-7-9-14(19)10-8-12/h7-11,13,15H,3-6H2,1-2H3,(H,20,23). The number of aromatic nitrogens is 2. The maximum Gasteiger partial charge on any atom is 0.249 e. The van der Waals surface area contributed by atoms with Crippen LogP contribution in [0.1, 0.15) is 51.5 Å². The molecule has 1 unspecified atom stereocenters. The van der Waals surface area contributed by atoms with Gasteiger partial charge >= 0.3 is 0 Å². The molecule has 1 aliphatic rings. The van der Waals surface area contributed by atoms with Crippen molar-refractivity contribution in [2.45, 2.75) is 45.6 Å². The van der Waals surface area contributed by atoms with Gasteiger partial charge in [0, 0.05) is 16.5 Å². The van der Waals surface area contributed by atoms with Crippen LogP contribution in [0.25, 0.3) is 11.4 Å². The lowest BCUT2D eigenvalue weighted by atomic mass is 10.0. The van der Waals surface area contributed by atoms with E-state index in [9.17, 15) is 4.79 Å². The topological polar surface area (TPSA) is 68.0 Å². The maximum absolute atomic E-state index is 12.4. The molecular formula is C18H22ClN3O2. The Morgan fingerprint density at radius 1 is 1.25 bits per heavy atom. The van der Waals surface area contributed by atoms with Gasteiger partial charge in [0.05, 0.1) is 0 Å². The summed E-state index contributed by atoms with van der Waals surface area (Å²) in [6.45, 7) is 4.07. The molecule has 6 heteroatoms. The van der Waals surface area contributed by atoms with Crippen molar-refractivity contribution in [1.82, 2.24) is 15.5 Å². The second-order valence-electron chi connectivity index (χ2n) is 6.67. The van der Waals surface area contributed by atoms with Gasteiger partial charge in [0.1, 0.15) is 6.04 Å². The van der Waals surface area contributed by atoms with Crippen molar-refractivity contribution in [2.24, 2.45) is 11.8 Å². The fourth-order valence-electron chi connectivity index (χ4n) is 3.05. The zero-order valence-electron chi connectivity index (χ0n) is 14.0. The number of halogens is 1. The second-order valence-corrected chi connectivity index (χ2v) is 7.11. The first-order valence-corrected chi connectivity index (χ1v) is 8.82. The number of nitrogens with one attached hydrogen (secondary N) is 1. The Bertz CT molecular complexity index is 691. The average molecular weight is 348 g/mol. The third kappa shape index (κ3) is 3.78. The third-order valence-electron chi connectivity index (χ3n) is 4.50. The first-order valence-electron chi connectivity index (χ1n) is 8.44. The zero-order chi connectivity index (χ0) is 17.1.